The minimum absolute atomic E-state index is 0.171. The molecular formula is C20H18ClN3O3S2. The fourth-order valence-corrected chi connectivity index (χ4v) is 5.74. The number of hydrogen-bond acceptors (Lipinski definition) is 5. The Balaban J connectivity index is 1.55. The quantitative estimate of drug-likeness (QED) is 0.641. The monoisotopic (exact) mass is 447 g/mol. The molecule has 1 N–H and O–H groups in total. The first-order valence-corrected chi connectivity index (χ1v) is 12.0. The van der Waals surface area contributed by atoms with E-state index in [0.717, 1.165) is 11.1 Å². The summed E-state index contributed by atoms with van der Waals surface area (Å²) in [6.07, 6.45) is 1.76. The summed E-state index contributed by atoms with van der Waals surface area (Å²) in [7, 11) is -3.36. The largest absolute Gasteiger partial charge is 0.298 e. The van der Waals surface area contributed by atoms with Crippen LogP contribution in [-0.2, 0) is 16.4 Å². The number of benzene rings is 2. The molecule has 1 aliphatic heterocycles. The van der Waals surface area contributed by atoms with Crippen molar-refractivity contribution in [3.8, 4) is 11.3 Å². The van der Waals surface area contributed by atoms with Crippen LogP contribution >= 0.6 is 22.9 Å². The maximum absolute atomic E-state index is 12.7. The Kier molecular flexibility index (Phi) is 5.10. The maximum Gasteiger partial charge on any atom is 0.257 e. The molecule has 2 aromatic carbocycles. The lowest BCUT2D eigenvalue weighted by Gasteiger charge is -2.21. The first-order valence-electron chi connectivity index (χ1n) is 8.88. The van der Waals surface area contributed by atoms with E-state index in [1.807, 2.05) is 30.5 Å². The highest BCUT2D eigenvalue weighted by Crippen LogP contribution is 2.35. The second-order valence-corrected chi connectivity index (χ2v) is 10.1. The number of anilines is 2. The van der Waals surface area contributed by atoms with Gasteiger partial charge in [-0.2, -0.15) is 0 Å². The highest BCUT2D eigenvalue weighted by molar-refractivity contribution is 7.92. The van der Waals surface area contributed by atoms with Crippen LogP contribution in [0.15, 0.2) is 47.8 Å². The Bertz CT molecular complexity index is 1210. The molecule has 1 aromatic heterocycles. The molecule has 29 heavy (non-hydrogen) atoms. The van der Waals surface area contributed by atoms with Crippen molar-refractivity contribution < 1.29 is 13.2 Å². The number of fused-ring (bicyclic) bond motifs is 1. The molecule has 0 aliphatic carbocycles. The Morgan fingerprint density at radius 3 is 2.76 bits per heavy atom. The third-order valence-electron chi connectivity index (χ3n) is 4.73. The summed E-state index contributed by atoms with van der Waals surface area (Å²) in [4.78, 5) is 17.1. The molecule has 0 bridgehead atoms. The predicted molar refractivity (Wildman–Crippen MR) is 117 cm³/mol. The molecule has 0 fully saturated rings. The molecule has 1 atom stereocenters. The van der Waals surface area contributed by atoms with Gasteiger partial charge in [0.2, 0.25) is 10.0 Å². The third-order valence-corrected chi connectivity index (χ3v) is 7.09. The van der Waals surface area contributed by atoms with E-state index in [1.165, 1.54) is 21.9 Å². The third kappa shape index (κ3) is 3.88. The van der Waals surface area contributed by atoms with Crippen LogP contribution in [0.3, 0.4) is 0 Å². The van der Waals surface area contributed by atoms with Crippen LogP contribution in [0.1, 0.15) is 22.8 Å². The van der Waals surface area contributed by atoms with E-state index in [2.05, 4.69) is 10.3 Å². The topological polar surface area (TPSA) is 79.4 Å². The van der Waals surface area contributed by atoms with Gasteiger partial charge in [0.05, 0.1) is 17.6 Å². The van der Waals surface area contributed by atoms with Gasteiger partial charge in [-0.25, -0.2) is 13.4 Å². The Morgan fingerprint density at radius 2 is 2.03 bits per heavy atom. The lowest BCUT2D eigenvalue weighted by Crippen LogP contribution is -2.34. The SMILES string of the molecule is CC1Cc2cc(C(=O)Nc3nc(-c4ccccc4Cl)cs3)ccc2N1S(C)(=O)=O. The summed E-state index contributed by atoms with van der Waals surface area (Å²) in [6, 6.07) is 12.3. The van der Waals surface area contributed by atoms with Crippen LogP contribution in [0.4, 0.5) is 10.8 Å². The molecule has 6 nitrogen and oxygen atoms in total. The number of thiazole rings is 1. The molecule has 150 valence electrons. The van der Waals surface area contributed by atoms with E-state index in [-0.39, 0.29) is 11.9 Å². The summed E-state index contributed by atoms with van der Waals surface area (Å²) >= 11 is 7.53. The molecule has 0 saturated carbocycles. The number of amides is 1. The van der Waals surface area contributed by atoms with Crippen LogP contribution in [0, 0.1) is 0 Å². The molecule has 0 saturated heterocycles. The van der Waals surface area contributed by atoms with Gasteiger partial charge in [-0.1, -0.05) is 29.8 Å². The summed E-state index contributed by atoms with van der Waals surface area (Å²) in [5, 5.41) is 5.71. The number of carbonyl (C=O) groups is 1. The zero-order valence-electron chi connectivity index (χ0n) is 15.7. The summed E-state index contributed by atoms with van der Waals surface area (Å²) in [5.74, 6) is -0.293. The van der Waals surface area contributed by atoms with Crippen molar-refractivity contribution in [2.75, 3.05) is 15.9 Å². The maximum atomic E-state index is 12.7. The molecule has 1 amide bonds. The van der Waals surface area contributed by atoms with Gasteiger partial charge in [0, 0.05) is 27.6 Å². The molecule has 1 unspecified atom stereocenters. The molecule has 9 heteroatoms. The van der Waals surface area contributed by atoms with Crippen LogP contribution in [0.2, 0.25) is 5.02 Å². The van der Waals surface area contributed by atoms with E-state index in [9.17, 15) is 13.2 Å². The van der Waals surface area contributed by atoms with Crippen LogP contribution in [-0.4, -0.2) is 31.6 Å². The van der Waals surface area contributed by atoms with Gasteiger partial charge >= 0.3 is 0 Å². The first kappa shape index (κ1) is 19.9. The van der Waals surface area contributed by atoms with Crippen LogP contribution < -0.4 is 9.62 Å². The van der Waals surface area contributed by atoms with Crippen molar-refractivity contribution in [3.63, 3.8) is 0 Å². The fourth-order valence-electron chi connectivity index (χ4n) is 3.54. The van der Waals surface area contributed by atoms with Gasteiger partial charge in [0.1, 0.15) is 0 Å². The number of nitrogens with zero attached hydrogens (tertiary/aromatic N) is 2. The van der Waals surface area contributed by atoms with Gasteiger partial charge in [-0.3, -0.25) is 14.4 Å². The molecular weight excluding hydrogens is 430 g/mol. The Labute approximate surface area is 178 Å². The minimum atomic E-state index is -3.36. The fraction of sp³-hybridized carbons (Fsp3) is 0.200. The number of nitrogens with one attached hydrogen (secondary N) is 1. The smallest absolute Gasteiger partial charge is 0.257 e. The molecule has 0 spiro atoms. The van der Waals surface area contributed by atoms with Crippen molar-refractivity contribution in [2.45, 2.75) is 19.4 Å². The summed E-state index contributed by atoms with van der Waals surface area (Å²) in [5.41, 5.74) is 3.43. The standard InChI is InChI=1S/C20H18ClN3O3S2/c1-12-9-14-10-13(7-8-18(14)24(12)29(2,26)27)19(25)23-20-22-17(11-28-20)15-5-3-4-6-16(15)21/h3-8,10-12H,9H2,1-2H3,(H,22,23,25). The number of hydrogen-bond donors (Lipinski definition) is 1. The average Bonchev–Trinajstić information content (AvgIpc) is 3.24. The number of rotatable bonds is 4. The summed E-state index contributed by atoms with van der Waals surface area (Å²) < 4.78 is 25.5. The van der Waals surface area contributed by atoms with E-state index in [4.69, 9.17) is 11.6 Å². The highest BCUT2D eigenvalue weighted by Gasteiger charge is 2.32. The predicted octanol–water partition coefficient (Wildman–Crippen LogP) is 4.43. The summed E-state index contributed by atoms with van der Waals surface area (Å²) in [6.45, 7) is 1.85. The molecule has 2 heterocycles. The zero-order valence-corrected chi connectivity index (χ0v) is 18.1. The second-order valence-electron chi connectivity index (χ2n) is 6.93. The number of sulfonamides is 1. The lowest BCUT2D eigenvalue weighted by atomic mass is 10.1. The average molecular weight is 448 g/mol. The van der Waals surface area contributed by atoms with E-state index < -0.39 is 10.0 Å². The van der Waals surface area contributed by atoms with E-state index in [1.54, 1.807) is 24.3 Å². The zero-order chi connectivity index (χ0) is 20.8. The second kappa shape index (κ2) is 7.44. The van der Waals surface area contributed by atoms with E-state index in [0.29, 0.717) is 33.5 Å². The van der Waals surface area contributed by atoms with E-state index >= 15 is 0 Å². The molecule has 1 aliphatic rings. The van der Waals surface area contributed by atoms with Crippen molar-refractivity contribution >= 4 is 49.7 Å². The van der Waals surface area contributed by atoms with Crippen LogP contribution in [0.5, 0.6) is 0 Å². The molecule has 3 aromatic rings. The van der Waals surface area contributed by atoms with Crippen molar-refractivity contribution in [3.05, 3.63) is 64.0 Å². The lowest BCUT2D eigenvalue weighted by molar-refractivity contribution is 0.102. The van der Waals surface area contributed by atoms with Crippen molar-refractivity contribution in [1.82, 2.24) is 4.98 Å². The van der Waals surface area contributed by atoms with Gasteiger partial charge in [0.15, 0.2) is 5.13 Å². The first-order chi connectivity index (χ1) is 13.7. The number of aromatic nitrogens is 1. The normalized spacial score (nSPS) is 16.0. The van der Waals surface area contributed by atoms with Crippen LogP contribution in [0.25, 0.3) is 11.3 Å². The van der Waals surface area contributed by atoms with Gasteiger partial charge in [-0.15, -0.1) is 11.3 Å². The van der Waals surface area contributed by atoms with Crippen molar-refractivity contribution in [2.24, 2.45) is 0 Å². The van der Waals surface area contributed by atoms with Gasteiger partial charge < -0.3 is 0 Å². The Hall–Kier alpha value is -2.42. The number of carbonyl (C=O) groups excluding carboxylic acids is 1. The highest BCUT2D eigenvalue weighted by atomic mass is 35.5. The number of halogens is 1. The molecule has 0 radical (unpaired) electrons. The molecule has 4 rings (SSSR count). The van der Waals surface area contributed by atoms with Gasteiger partial charge in [0.25, 0.3) is 5.91 Å². The minimum Gasteiger partial charge on any atom is -0.298 e. The Morgan fingerprint density at radius 1 is 1.28 bits per heavy atom. The van der Waals surface area contributed by atoms with Gasteiger partial charge in [-0.05, 0) is 43.2 Å². The van der Waals surface area contributed by atoms with Crippen molar-refractivity contribution in [1.29, 1.82) is 0 Å².